The average Bonchev–Trinajstić information content (AvgIpc) is 3.25. The zero-order valence-corrected chi connectivity index (χ0v) is 18.5. The van der Waals surface area contributed by atoms with Gasteiger partial charge in [0.2, 0.25) is 5.91 Å². The minimum Gasteiger partial charge on any atom is -0.481 e. The van der Waals surface area contributed by atoms with Crippen molar-refractivity contribution >= 4 is 18.0 Å². The van der Waals surface area contributed by atoms with Crippen molar-refractivity contribution in [2.24, 2.45) is 11.3 Å². The largest absolute Gasteiger partial charge is 0.481 e. The Morgan fingerprint density at radius 1 is 1.06 bits per heavy atom. The maximum absolute atomic E-state index is 12.7. The van der Waals surface area contributed by atoms with Crippen LogP contribution < -0.4 is 10.6 Å². The van der Waals surface area contributed by atoms with Crippen LogP contribution in [0, 0.1) is 11.3 Å². The predicted molar refractivity (Wildman–Crippen MR) is 122 cm³/mol. The molecular formula is C26H28N2O5. The Morgan fingerprint density at radius 2 is 1.70 bits per heavy atom. The summed E-state index contributed by atoms with van der Waals surface area (Å²) in [7, 11) is 0. The van der Waals surface area contributed by atoms with E-state index in [1.165, 1.54) is 0 Å². The van der Waals surface area contributed by atoms with Crippen molar-refractivity contribution in [3.63, 3.8) is 0 Å². The number of fused-ring (bicyclic) bond motifs is 4. The Balaban J connectivity index is 1.17. The maximum atomic E-state index is 12.7. The zero-order chi connectivity index (χ0) is 23.2. The van der Waals surface area contributed by atoms with E-state index in [9.17, 15) is 19.5 Å². The standard InChI is InChI=1S/C26H28N2O5/c1-2-22(23(29)27-16-11-15-12-26(15,13-16)24(30)31)28-25(32)33-14-21-19-9-5-3-7-17(19)18-8-4-6-10-20(18)21/h3-10,15-16,21-22H,2,11-14H2,1H3,(H,27,29)(H,28,32)(H,30,31)/t15-,16+,22?,26+/m0/s1. The van der Waals surface area contributed by atoms with Crippen molar-refractivity contribution in [3.8, 4) is 11.1 Å². The Morgan fingerprint density at radius 3 is 2.27 bits per heavy atom. The summed E-state index contributed by atoms with van der Waals surface area (Å²) in [6.45, 7) is 2.00. The fraction of sp³-hybridized carbons (Fsp3) is 0.423. The van der Waals surface area contributed by atoms with Gasteiger partial charge in [-0.2, -0.15) is 0 Å². The topological polar surface area (TPSA) is 105 Å². The highest BCUT2D eigenvalue weighted by atomic mass is 16.5. The molecule has 2 fully saturated rings. The molecular weight excluding hydrogens is 420 g/mol. The lowest BCUT2D eigenvalue weighted by atomic mass is 9.98. The number of carbonyl (C=O) groups is 3. The minimum absolute atomic E-state index is 0.0468. The summed E-state index contributed by atoms with van der Waals surface area (Å²) < 4.78 is 5.56. The molecule has 0 spiro atoms. The fourth-order valence-corrected chi connectivity index (χ4v) is 5.70. The third kappa shape index (κ3) is 3.75. The second kappa shape index (κ2) is 8.21. The van der Waals surface area contributed by atoms with Crippen molar-refractivity contribution in [2.75, 3.05) is 6.61 Å². The molecule has 7 heteroatoms. The first-order valence-electron chi connectivity index (χ1n) is 11.6. The van der Waals surface area contributed by atoms with E-state index in [1.54, 1.807) is 0 Å². The van der Waals surface area contributed by atoms with Crippen LogP contribution in [0.3, 0.4) is 0 Å². The molecule has 33 heavy (non-hydrogen) atoms. The summed E-state index contributed by atoms with van der Waals surface area (Å²) in [5.74, 6) is -0.962. The molecule has 4 atom stereocenters. The third-order valence-electron chi connectivity index (χ3n) is 7.54. The van der Waals surface area contributed by atoms with Crippen LogP contribution >= 0.6 is 0 Å². The van der Waals surface area contributed by atoms with E-state index in [2.05, 4.69) is 34.9 Å². The van der Waals surface area contributed by atoms with Gasteiger partial charge in [0.15, 0.2) is 0 Å². The van der Waals surface area contributed by atoms with Gasteiger partial charge in [-0.25, -0.2) is 4.79 Å². The molecule has 1 unspecified atom stereocenters. The van der Waals surface area contributed by atoms with Gasteiger partial charge in [-0.1, -0.05) is 55.5 Å². The van der Waals surface area contributed by atoms with E-state index in [-0.39, 0.29) is 30.4 Å². The van der Waals surface area contributed by atoms with Crippen LogP contribution in [0.15, 0.2) is 48.5 Å². The van der Waals surface area contributed by atoms with Gasteiger partial charge in [0.1, 0.15) is 12.6 Å². The highest BCUT2D eigenvalue weighted by molar-refractivity contribution is 5.86. The summed E-state index contributed by atoms with van der Waals surface area (Å²) in [5.41, 5.74) is 3.91. The molecule has 7 nitrogen and oxygen atoms in total. The number of hydrogen-bond donors (Lipinski definition) is 3. The van der Waals surface area contributed by atoms with Gasteiger partial charge >= 0.3 is 12.1 Å². The molecule has 0 aromatic heterocycles. The molecule has 2 aromatic rings. The Labute approximate surface area is 192 Å². The highest BCUT2D eigenvalue weighted by Gasteiger charge is 2.65. The number of nitrogens with one attached hydrogen (secondary N) is 2. The number of rotatable bonds is 7. The van der Waals surface area contributed by atoms with E-state index >= 15 is 0 Å². The van der Waals surface area contributed by atoms with Gasteiger partial charge in [-0.05, 0) is 53.9 Å². The van der Waals surface area contributed by atoms with Crippen molar-refractivity contribution in [2.45, 2.75) is 50.6 Å². The van der Waals surface area contributed by atoms with Gasteiger partial charge < -0.3 is 20.5 Å². The lowest BCUT2D eigenvalue weighted by Gasteiger charge is -2.22. The SMILES string of the molecule is CCC(NC(=O)OCC1c2ccccc2-c2ccccc21)C(=O)N[C@@H]1C[C@H]2C[C@@]2(C(=O)O)C1. The number of hydrogen-bond acceptors (Lipinski definition) is 4. The summed E-state index contributed by atoms with van der Waals surface area (Å²) in [6.07, 6.45) is 1.62. The molecule has 2 amide bonds. The molecule has 2 aromatic carbocycles. The normalized spacial score (nSPS) is 25.4. The molecule has 3 aliphatic carbocycles. The number of carboxylic acids is 1. The summed E-state index contributed by atoms with van der Waals surface area (Å²) >= 11 is 0. The van der Waals surface area contributed by atoms with Crippen molar-refractivity contribution < 1.29 is 24.2 Å². The molecule has 3 aliphatic rings. The molecule has 3 N–H and O–H groups in total. The Hall–Kier alpha value is -3.35. The highest BCUT2D eigenvalue weighted by Crippen LogP contribution is 2.63. The van der Waals surface area contributed by atoms with Crippen LogP contribution in [-0.2, 0) is 14.3 Å². The minimum atomic E-state index is -0.770. The van der Waals surface area contributed by atoms with Gasteiger partial charge in [-0.15, -0.1) is 0 Å². The Bertz CT molecular complexity index is 1070. The van der Waals surface area contributed by atoms with Crippen molar-refractivity contribution in [1.29, 1.82) is 0 Å². The third-order valence-corrected chi connectivity index (χ3v) is 7.54. The molecule has 172 valence electrons. The smallest absolute Gasteiger partial charge is 0.407 e. The van der Waals surface area contributed by atoms with Gasteiger partial charge in [0.05, 0.1) is 5.41 Å². The number of amides is 2. The number of alkyl carbamates (subject to hydrolysis) is 1. The summed E-state index contributed by atoms with van der Waals surface area (Å²) in [5, 5.41) is 15.0. The monoisotopic (exact) mass is 448 g/mol. The van der Waals surface area contributed by atoms with E-state index in [0.29, 0.717) is 25.7 Å². The summed E-state index contributed by atoms with van der Waals surface area (Å²) in [4.78, 5) is 36.7. The van der Waals surface area contributed by atoms with Crippen LogP contribution in [0.25, 0.3) is 11.1 Å². The molecule has 0 radical (unpaired) electrons. The van der Waals surface area contributed by atoms with E-state index < -0.39 is 23.5 Å². The second-order valence-electron chi connectivity index (χ2n) is 9.44. The first kappa shape index (κ1) is 21.5. The number of benzene rings is 2. The molecule has 0 saturated heterocycles. The maximum Gasteiger partial charge on any atom is 0.407 e. The predicted octanol–water partition coefficient (Wildman–Crippen LogP) is 3.67. The number of carboxylic acid groups (broad SMARTS) is 1. The van der Waals surface area contributed by atoms with Crippen LogP contribution in [0.5, 0.6) is 0 Å². The van der Waals surface area contributed by atoms with Crippen molar-refractivity contribution in [1.82, 2.24) is 10.6 Å². The summed E-state index contributed by atoms with van der Waals surface area (Å²) in [6, 6.07) is 15.3. The lowest BCUT2D eigenvalue weighted by molar-refractivity contribution is -0.143. The first-order valence-corrected chi connectivity index (χ1v) is 11.6. The average molecular weight is 449 g/mol. The molecule has 5 rings (SSSR count). The van der Waals surface area contributed by atoms with E-state index in [0.717, 1.165) is 22.3 Å². The van der Waals surface area contributed by atoms with E-state index in [1.807, 2.05) is 31.2 Å². The quantitative estimate of drug-likeness (QED) is 0.599. The Kier molecular flexibility index (Phi) is 5.35. The van der Waals surface area contributed by atoms with Gasteiger partial charge in [-0.3, -0.25) is 9.59 Å². The van der Waals surface area contributed by atoms with Crippen LogP contribution in [0.2, 0.25) is 0 Å². The lowest BCUT2D eigenvalue weighted by Crippen LogP contribution is -2.49. The first-order chi connectivity index (χ1) is 15.9. The number of carbonyl (C=O) groups excluding carboxylic acids is 2. The number of aliphatic carboxylic acids is 1. The molecule has 0 aliphatic heterocycles. The van der Waals surface area contributed by atoms with E-state index in [4.69, 9.17) is 4.74 Å². The van der Waals surface area contributed by atoms with Crippen LogP contribution in [0.4, 0.5) is 4.79 Å². The molecule has 0 bridgehead atoms. The van der Waals surface area contributed by atoms with Gasteiger partial charge in [0.25, 0.3) is 0 Å². The number of ether oxygens (including phenoxy) is 1. The van der Waals surface area contributed by atoms with Gasteiger partial charge in [0, 0.05) is 12.0 Å². The molecule has 2 saturated carbocycles. The molecule has 0 heterocycles. The fourth-order valence-electron chi connectivity index (χ4n) is 5.70. The van der Waals surface area contributed by atoms with Crippen LogP contribution in [-0.4, -0.2) is 41.8 Å². The van der Waals surface area contributed by atoms with Crippen molar-refractivity contribution in [3.05, 3.63) is 59.7 Å². The second-order valence-corrected chi connectivity index (χ2v) is 9.44. The van der Waals surface area contributed by atoms with Crippen LogP contribution in [0.1, 0.15) is 49.7 Å². The zero-order valence-electron chi connectivity index (χ0n) is 18.5.